The fraction of sp³-hybridized carbons (Fsp3) is 0.533. The number of thiazole rings is 1. The summed E-state index contributed by atoms with van der Waals surface area (Å²) in [6, 6.07) is 3.66. The average molecular weight is 656 g/mol. The molecular weight excluding hydrogens is 622 g/mol. The van der Waals surface area contributed by atoms with Crippen LogP contribution in [0.1, 0.15) is 47.9 Å². The number of carboxylic acids is 1. The van der Waals surface area contributed by atoms with Gasteiger partial charge in [0.1, 0.15) is 11.9 Å². The summed E-state index contributed by atoms with van der Waals surface area (Å²) < 4.78 is 41.5. The van der Waals surface area contributed by atoms with Gasteiger partial charge in [0.05, 0.1) is 22.9 Å². The number of amides is 2. The van der Waals surface area contributed by atoms with Gasteiger partial charge in [-0.05, 0) is 49.8 Å². The first-order chi connectivity index (χ1) is 21.5. The molecule has 2 bridgehead atoms. The second kappa shape index (κ2) is 10.0. The highest BCUT2D eigenvalue weighted by Crippen LogP contribution is 2.68. The number of urea groups is 1. The van der Waals surface area contributed by atoms with Crippen LogP contribution in [-0.2, 0) is 14.8 Å². The molecule has 238 valence electrons. The highest BCUT2D eigenvalue weighted by Gasteiger charge is 2.76. The second-order valence-corrected chi connectivity index (χ2v) is 16.1. The van der Waals surface area contributed by atoms with E-state index in [0.29, 0.717) is 86.1 Å². The topological polar surface area (TPSA) is 139 Å². The number of hydrogen-bond donors (Lipinski definition) is 2. The quantitative estimate of drug-likeness (QED) is 0.463. The summed E-state index contributed by atoms with van der Waals surface area (Å²) in [5.41, 5.74) is 0.785. The van der Waals surface area contributed by atoms with Crippen molar-refractivity contribution in [3.63, 3.8) is 0 Å². The number of carbonyl (C=O) groups excluding carboxylic acids is 1. The lowest BCUT2D eigenvalue weighted by molar-refractivity contribution is -0.188. The van der Waals surface area contributed by atoms with Crippen LogP contribution in [0.25, 0.3) is 0 Å². The fourth-order valence-corrected chi connectivity index (χ4v) is 11.0. The third-order valence-corrected chi connectivity index (χ3v) is 13.4. The van der Waals surface area contributed by atoms with E-state index in [0.717, 1.165) is 0 Å². The smallest absolute Gasteiger partial charge is 0.335 e. The largest absolute Gasteiger partial charge is 0.478 e. The normalized spacial score (nSPS) is 32.6. The van der Waals surface area contributed by atoms with Gasteiger partial charge < -0.3 is 20.2 Å². The van der Waals surface area contributed by atoms with Gasteiger partial charge >= 0.3 is 12.0 Å². The number of carboxylic acid groups (broad SMARTS) is 1. The Kier molecular flexibility index (Phi) is 6.48. The third-order valence-electron chi connectivity index (χ3n) is 10.6. The minimum Gasteiger partial charge on any atom is -0.478 e. The highest BCUT2D eigenvalue weighted by molar-refractivity contribution is 7.89. The van der Waals surface area contributed by atoms with Gasteiger partial charge in [0.15, 0.2) is 10.8 Å². The van der Waals surface area contributed by atoms with E-state index in [1.54, 1.807) is 29.6 Å². The molecular formula is C30H34FN7O5S2. The van der Waals surface area contributed by atoms with Crippen LogP contribution in [0, 0.1) is 12.7 Å². The van der Waals surface area contributed by atoms with Crippen LogP contribution >= 0.6 is 11.3 Å². The first-order valence-corrected chi connectivity index (χ1v) is 17.8. The number of halogens is 1. The van der Waals surface area contributed by atoms with Crippen LogP contribution in [0.4, 0.5) is 9.18 Å². The van der Waals surface area contributed by atoms with E-state index < -0.39 is 27.9 Å². The SMILES string of the molecule is Cc1c(F)cccc1[C@@H]1N=C(c2nccs2)NC(CN2CCN3C(=O)N(C45CC(N6CCCS6(=O)=O)(C4)C5)C[C@@H]3C2)=C1C(=O)O. The van der Waals surface area contributed by atoms with E-state index in [9.17, 15) is 27.5 Å². The van der Waals surface area contributed by atoms with Gasteiger partial charge in [-0.3, -0.25) is 9.89 Å². The summed E-state index contributed by atoms with van der Waals surface area (Å²) >= 11 is 1.38. The highest BCUT2D eigenvalue weighted by atomic mass is 32.2. The molecule has 2 aromatic rings. The standard InChI is InChI=1S/C30H34FN7O5S2/c1-18-20(4-2-5-21(18)31)24-23(27(39)40)22(33-25(34-24)26-32-6-10-44-26)14-35-8-9-36-19(12-35)13-37(28(36)41)29-15-30(16-29,17-29)38-7-3-11-45(38,42)43/h2,4-6,10,19,24H,3,7-9,11-17H2,1H3,(H,33,34)(H,39,40)/t19-,24-,29?,30?/m0/s1. The van der Waals surface area contributed by atoms with E-state index in [-0.39, 0.29) is 41.0 Å². The van der Waals surface area contributed by atoms with Gasteiger partial charge in [0.25, 0.3) is 0 Å². The molecule has 0 radical (unpaired) electrons. The van der Waals surface area contributed by atoms with Crippen molar-refractivity contribution in [2.75, 3.05) is 45.0 Å². The minimum atomic E-state index is -3.20. The number of fused-ring (bicyclic) bond motifs is 1. The van der Waals surface area contributed by atoms with Gasteiger partial charge in [-0.2, -0.15) is 4.31 Å². The summed E-state index contributed by atoms with van der Waals surface area (Å²) in [7, 11) is -3.20. The number of hydrogen-bond acceptors (Lipinski definition) is 9. The Morgan fingerprint density at radius 3 is 2.67 bits per heavy atom. The predicted octanol–water partition coefficient (Wildman–Crippen LogP) is 2.15. The molecule has 2 atom stereocenters. The van der Waals surface area contributed by atoms with Crippen LogP contribution in [0.3, 0.4) is 0 Å². The Labute approximate surface area is 264 Å². The Morgan fingerprint density at radius 2 is 1.98 bits per heavy atom. The van der Waals surface area contributed by atoms with Crippen molar-refractivity contribution >= 4 is 39.2 Å². The van der Waals surface area contributed by atoms with E-state index in [2.05, 4.69) is 15.2 Å². The molecule has 3 saturated heterocycles. The van der Waals surface area contributed by atoms with Crippen LogP contribution in [0.2, 0.25) is 0 Å². The van der Waals surface area contributed by atoms with Gasteiger partial charge in [0, 0.05) is 62.1 Å². The Bertz CT molecular complexity index is 1760. The lowest BCUT2D eigenvalue weighted by atomic mass is 9.43. The molecule has 4 aliphatic heterocycles. The average Bonchev–Trinajstić information content (AvgIpc) is 3.69. The molecule has 7 aliphatic rings. The molecule has 45 heavy (non-hydrogen) atoms. The van der Waals surface area contributed by atoms with E-state index in [4.69, 9.17) is 4.99 Å². The lowest BCUT2D eigenvalue weighted by Gasteiger charge is -2.74. The van der Waals surface area contributed by atoms with Gasteiger partial charge in [-0.25, -0.2) is 27.4 Å². The van der Waals surface area contributed by atoms with Crippen LogP contribution in [0.15, 0.2) is 46.0 Å². The molecule has 5 heterocycles. The Hall–Kier alpha value is -3.40. The third kappa shape index (κ3) is 4.37. The van der Waals surface area contributed by atoms with Crippen LogP contribution in [0.5, 0.6) is 0 Å². The van der Waals surface area contributed by atoms with Crippen molar-refractivity contribution in [3.05, 3.63) is 63.0 Å². The minimum absolute atomic E-state index is 0.0123. The van der Waals surface area contributed by atoms with Crippen molar-refractivity contribution in [1.82, 2.24) is 29.3 Å². The number of nitrogens with one attached hydrogen (secondary N) is 1. The number of rotatable bonds is 7. The number of sulfonamides is 1. The Morgan fingerprint density at radius 1 is 1.18 bits per heavy atom. The monoisotopic (exact) mass is 655 g/mol. The molecule has 3 aliphatic carbocycles. The summed E-state index contributed by atoms with van der Waals surface area (Å²) in [4.78, 5) is 41.5. The predicted molar refractivity (Wildman–Crippen MR) is 164 cm³/mol. The van der Waals surface area contributed by atoms with E-state index in [1.807, 2.05) is 15.2 Å². The van der Waals surface area contributed by atoms with Crippen molar-refractivity contribution < 1.29 is 27.5 Å². The Balaban J connectivity index is 1.02. The zero-order valence-corrected chi connectivity index (χ0v) is 26.4. The number of amidine groups is 1. The molecule has 0 spiro atoms. The summed E-state index contributed by atoms with van der Waals surface area (Å²) in [6.07, 6.45) is 4.43. The molecule has 3 saturated carbocycles. The molecule has 1 aromatic heterocycles. The van der Waals surface area contributed by atoms with Crippen molar-refractivity contribution in [2.45, 2.75) is 55.8 Å². The molecule has 0 unspecified atom stereocenters. The maximum absolute atomic E-state index is 14.6. The van der Waals surface area contributed by atoms with Crippen molar-refractivity contribution in [2.24, 2.45) is 4.99 Å². The number of aromatic nitrogens is 1. The van der Waals surface area contributed by atoms with Crippen LogP contribution in [-0.4, -0.2) is 117 Å². The fourth-order valence-electron chi connectivity index (χ4n) is 8.51. The summed E-state index contributed by atoms with van der Waals surface area (Å²) in [6.45, 7) is 4.69. The van der Waals surface area contributed by atoms with Gasteiger partial charge in [0.2, 0.25) is 10.0 Å². The number of piperazine rings is 1. The van der Waals surface area contributed by atoms with E-state index in [1.165, 1.54) is 17.4 Å². The lowest BCUT2D eigenvalue weighted by Crippen LogP contribution is -2.83. The maximum atomic E-state index is 14.6. The number of aliphatic carboxylic acids is 1. The zero-order valence-electron chi connectivity index (χ0n) is 24.8. The summed E-state index contributed by atoms with van der Waals surface area (Å²) in [5, 5.41) is 16.1. The molecule has 2 N–H and O–H groups in total. The first-order valence-electron chi connectivity index (χ1n) is 15.3. The molecule has 2 amide bonds. The molecule has 1 aromatic carbocycles. The number of aliphatic imine (C=N–C) groups is 1. The number of carbonyl (C=O) groups is 2. The zero-order chi connectivity index (χ0) is 31.3. The van der Waals surface area contributed by atoms with Gasteiger partial charge in [-0.1, -0.05) is 12.1 Å². The van der Waals surface area contributed by atoms with Gasteiger partial charge in [-0.15, -0.1) is 11.3 Å². The molecule has 6 fully saturated rings. The number of nitrogens with zero attached hydrogens (tertiary/aromatic N) is 6. The molecule has 12 nitrogen and oxygen atoms in total. The number of benzene rings is 1. The summed E-state index contributed by atoms with van der Waals surface area (Å²) in [5.74, 6) is -0.903. The molecule has 9 rings (SSSR count). The maximum Gasteiger partial charge on any atom is 0.335 e. The van der Waals surface area contributed by atoms with Crippen molar-refractivity contribution in [3.8, 4) is 0 Å². The van der Waals surface area contributed by atoms with Crippen molar-refractivity contribution in [1.29, 1.82) is 0 Å². The van der Waals surface area contributed by atoms with E-state index >= 15 is 0 Å². The molecule has 15 heteroatoms. The first kappa shape index (κ1) is 29.0. The van der Waals surface area contributed by atoms with Crippen LogP contribution < -0.4 is 5.32 Å². The second-order valence-electron chi connectivity index (χ2n) is 13.2.